The molecule has 26 heavy (non-hydrogen) atoms. The predicted molar refractivity (Wildman–Crippen MR) is 99.7 cm³/mol. The average Bonchev–Trinajstić information content (AvgIpc) is 2.96. The van der Waals surface area contributed by atoms with Crippen molar-refractivity contribution in [1.29, 1.82) is 0 Å². The first-order chi connectivity index (χ1) is 12.3. The number of ether oxygens (including phenoxy) is 1. The maximum atomic E-state index is 12.9. The Kier molecular flexibility index (Phi) is 5.36. The second kappa shape index (κ2) is 7.38. The Morgan fingerprint density at radius 3 is 2.31 bits per heavy atom. The summed E-state index contributed by atoms with van der Waals surface area (Å²) in [7, 11) is -5.57. The first kappa shape index (κ1) is 18.9. The molecule has 3 rings (SSSR count). The quantitative estimate of drug-likeness (QED) is 0.796. The van der Waals surface area contributed by atoms with Crippen molar-refractivity contribution < 1.29 is 21.6 Å². The summed E-state index contributed by atoms with van der Waals surface area (Å²) in [5.41, 5.74) is 0.922. The van der Waals surface area contributed by atoms with Crippen molar-refractivity contribution in [3.05, 3.63) is 60.2 Å². The third-order valence-corrected chi connectivity index (χ3v) is 8.66. The fourth-order valence-corrected chi connectivity index (χ4v) is 7.83. The third kappa shape index (κ3) is 4.08. The molecule has 6 nitrogen and oxygen atoms in total. The molecular formula is C18H21NO5S2. The Morgan fingerprint density at radius 2 is 1.69 bits per heavy atom. The molecule has 140 valence electrons. The summed E-state index contributed by atoms with van der Waals surface area (Å²) in [4.78, 5) is 0.151. The van der Waals surface area contributed by atoms with E-state index in [-0.39, 0.29) is 16.4 Å². The lowest BCUT2D eigenvalue weighted by molar-refractivity contribution is 0.414. The van der Waals surface area contributed by atoms with Gasteiger partial charge in [0, 0.05) is 12.6 Å². The third-order valence-electron chi connectivity index (χ3n) is 4.50. The van der Waals surface area contributed by atoms with Gasteiger partial charge in [0.15, 0.2) is 19.7 Å². The monoisotopic (exact) mass is 395 g/mol. The van der Waals surface area contributed by atoms with Crippen LogP contribution in [0.1, 0.15) is 5.56 Å². The zero-order chi connectivity index (χ0) is 18.8. The van der Waals surface area contributed by atoms with Gasteiger partial charge in [-0.1, -0.05) is 30.3 Å². The highest BCUT2D eigenvalue weighted by molar-refractivity contribution is 7.96. The number of rotatable bonds is 6. The average molecular weight is 396 g/mol. The highest BCUT2D eigenvalue weighted by Crippen LogP contribution is 2.26. The SMILES string of the molecule is COc1ccc(CN[C@@H]2CS(=O)(=O)C[C@H]2S(=O)(=O)c2ccccc2)cc1. The summed E-state index contributed by atoms with van der Waals surface area (Å²) in [5.74, 6) is 0.187. The Morgan fingerprint density at radius 1 is 1.04 bits per heavy atom. The maximum Gasteiger partial charge on any atom is 0.183 e. The van der Waals surface area contributed by atoms with Gasteiger partial charge in [-0.3, -0.25) is 0 Å². The van der Waals surface area contributed by atoms with Gasteiger partial charge in [0.25, 0.3) is 0 Å². The molecule has 1 aliphatic heterocycles. The van der Waals surface area contributed by atoms with E-state index in [0.717, 1.165) is 11.3 Å². The molecule has 0 saturated carbocycles. The minimum Gasteiger partial charge on any atom is -0.497 e. The van der Waals surface area contributed by atoms with Crippen LogP contribution in [-0.4, -0.2) is 46.7 Å². The molecular weight excluding hydrogens is 374 g/mol. The van der Waals surface area contributed by atoms with Crippen LogP contribution >= 0.6 is 0 Å². The van der Waals surface area contributed by atoms with Gasteiger partial charge in [-0.15, -0.1) is 0 Å². The molecule has 0 unspecified atom stereocenters. The highest BCUT2D eigenvalue weighted by atomic mass is 32.2. The van der Waals surface area contributed by atoms with Crippen LogP contribution < -0.4 is 10.1 Å². The summed E-state index contributed by atoms with van der Waals surface area (Å²) >= 11 is 0. The summed E-state index contributed by atoms with van der Waals surface area (Å²) in [5, 5.41) is 2.13. The molecule has 0 spiro atoms. The van der Waals surface area contributed by atoms with Crippen molar-refractivity contribution >= 4 is 19.7 Å². The van der Waals surface area contributed by atoms with Crippen molar-refractivity contribution in [3.63, 3.8) is 0 Å². The minimum absolute atomic E-state index is 0.151. The molecule has 2 aromatic carbocycles. The maximum absolute atomic E-state index is 12.9. The van der Waals surface area contributed by atoms with Crippen molar-refractivity contribution in [1.82, 2.24) is 5.32 Å². The van der Waals surface area contributed by atoms with Crippen LogP contribution in [-0.2, 0) is 26.2 Å². The Hall–Kier alpha value is -1.90. The van der Waals surface area contributed by atoms with Crippen LogP contribution in [0.5, 0.6) is 5.75 Å². The van der Waals surface area contributed by atoms with E-state index in [1.807, 2.05) is 12.1 Å². The molecule has 1 N–H and O–H groups in total. The summed E-state index contributed by atoms with van der Waals surface area (Å²) in [6.07, 6.45) is 0. The van der Waals surface area contributed by atoms with E-state index in [9.17, 15) is 16.8 Å². The van der Waals surface area contributed by atoms with Crippen LogP contribution in [0.25, 0.3) is 0 Å². The summed E-state index contributed by atoms with van der Waals surface area (Å²) in [6, 6.07) is 14.7. The zero-order valence-corrected chi connectivity index (χ0v) is 16.0. The molecule has 1 heterocycles. The second-order valence-corrected chi connectivity index (χ2v) is 10.6. The van der Waals surface area contributed by atoms with E-state index < -0.39 is 31.0 Å². The molecule has 8 heteroatoms. The molecule has 1 fully saturated rings. The van der Waals surface area contributed by atoms with Gasteiger partial charge in [0.1, 0.15) is 5.75 Å². The standard InChI is InChI=1S/C18H21NO5S2/c1-24-15-9-7-14(8-10-15)11-19-17-12-25(20,21)13-18(17)26(22,23)16-5-3-2-4-6-16/h2-10,17-19H,11-13H2,1H3/t17-,18-/m1/s1. The van der Waals surface area contributed by atoms with Gasteiger partial charge in [-0.05, 0) is 29.8 Å². The first-order valence-corrected chi connectivity index (χ1v) is 11.5. The van der Waals surface area contributed by atoms with Crippen molar-refractivity contribution in [3.8, 4) is 5.75 Å². The molecule has 0 radical (unpaired) electrons. The molecule has 2 aromatic rings. The van der Waals surface area contributed by atoms with Crippen LogP contribution in [0.3, 0.4) is 0 Å². The summed E-state index contributed by atoms with van der Waals surface area (Å²) < 4.78 is 55.1. The van der Waals surface area contributed by atoms with Gasteiger partial charge >= 0.3 is 0 Å². The largest absolute Gasteiger partial charge is 0.497 e. The van der Waals surface area contributed by atoms with E-state index in [0.29, 0.717) is 6.54 Å². The topological polar surface area (TPSA) is 89.5 Å². The van der Waals surface area contributed by atoms with Crippen molar-refractivity contribution in [2.24, 2.45) is 0 Å². The smallest absolute Gasteiger partial charge is 0.183 e. The number of nitrogens with one attached hydrogen (secondary N) is 1. The lowest BCUT2D eigenvalue weighted by atomic mass is 10.2. The van der Waals surface area contributed by atoms with Crippen molar-refractivity contribution in [2.75, 3.05) is 18.6 Å². The molecule has 2 atom stereocenters. The number of hydrogen-bond donors (Lipinski definition) is 1. The molecule has 0 aliphatic carbocycles. The van der Waals surface area contributed by atoms with E-state index in [2.05, 4.69) is 5.32 Å². The van der Waals surface area contributed by atoms with Crippen molar-refractivity contribution in [2.45, 2.75) is 22.7 Å². The molecule has 0 aromatic heterocycles. The van der Waals surface area contributed by atoms with E-state index in [1.165, 1.54) is 12.1 Å². The molecule has 0 amide bonds. The van der Waals surface area contributed by atoms with Crippen LogP contribution in [0.15, 0.2) is 59.5 Å². The van der Waals surface area contributed by atoms with Crippen LogP contribution in [0, 0.1) is 0 Å². The Bertz CT molecular complexity index is 954. The van der Waals surface area contributed by atoms with E-state index in [4.69, 9.17) is 4.74 Å². The number of methoxy groups -OCH3 is 1. The number of sulfone groups is 2. The molecule has 0 bridgehead atoms. The van der Waals surface area contributed by atoms with Gasteiger partial charge in [0.05, 0.1) is 28.8 Å². The summed E-state index contributed by atoms with van der Waals surface area (Å²) in [6.45, 7) is 0.380. The Balaban J connectivity index is 1.80. The van der Waals surface area contributed by atoms with Gasteiger partial charge < -0.3 is 10.1 Å². The van der Waals surface area contributed by atoms with E-state index >= 15 is 0 Å². The zero-order valence-electron chi connectivity index (χ0n) is 14.3. The van der Waals surface area contributed by atoms with Gasteiger partial charge in [-0.2, -0.15) is 0 Å². The first-order valence-electron chi connectivity index (χ1n) is 8.17. The second-order valence-electron chi connectivity index (χ2n) is 6.31. The van der Waals surface area contributed by atoms with Gasteiger partial charge in [-0.25, -0.2) is 16.8 Å². The Labute approximate surface area is 154 Å². The van der Waals surface area contributed by atoms with E-state index in [1.54, 1.807) is 37.4 Å². The van der Waals surface area contributed by atoms with Crippen LogP contribution in [0.2, 0.25) is 0 Å². The lowest BCUT2D eigenvalue weighted by Gasteiger charge is -2.20. The fourth-order valence-electron chi connectivity index (χ4n) is 3.09. The lowest BCUT2D eigenvalue weighted by Crippen LogP contribution is -2.43. The number of hydrogen-bond acceptors (Lipinski definition) is 6. The number of benzene rings is 2. The van der Waals surface area contributed by atoms with Gasteiger partial charge in [0.2, 0.25) is 0 Å². The fraction of sp³-hybridized carbons (Fsp3) is 0.333. The molecule has 1 aliphatic rings. The predicted octanol–water partition coefficient (Wildman–Crippen LogP) is 1.42. The van der Waals surface area contributed by atoms with Crippen LogP contribution in [0.4, 0.5) is 0 Å². The molecule has 1 saturated heterocycles. The highest BCUT2D eigenvalue weighted by Gasteiger charge is 2.45. The minimum atomic E-state index is -3.74. The normalized spacial score (nSPS) is 22.2.